The molecule has 1 heterocycles. The third kappa shape index (κ3) is 2.54. The molecule has 0 aliphatic rings. The molecule has 0 spiro atoms. The van der Waals surface area contributed by atoms with E-state index in [0.29, 0.717) is 5.69 Å². The van der Waals surface area contributed by atoms with Crippen LogP contribution in [0.5, 0.6) is 0 Å². The van der Waals surface area contributed by atoms with Gasteiger partial charge in [-0.25, -0.2) is 4.98 Å². The van der Waals surface area contributed by atoms with E-state index in [1.54, 1.807) is 0 Å². The second kappa shape index (κ2) is 4.82. The molecule has 2 rings (SSSR count). The molecule has 0 aliphatic heterocycles. The highest BCUT2D eigenvalue weighted by Crippen LogP contribution is 2.28. The Morgan fingerprint density at radius 2 is 1.65 bits per heavy atom. The Labute approximate surface area is 118 Å². The van der Waals surface area contributed by atoms with Crippen molar-refractivity contribution in [3.8, 4) is 17.3 Å². The fourth-order valence-corrected chi connectivity index (χ4v) is 1.94. The molecule has 5 nitrogen and oxygen atoms in total. The van der Waals surface area contributed by atoms with Crippen LogP contribution in [0.4, 0.5) is 11.8 Å². The molecule has 5 heteroatoms. The van der Waals surface area contributed by atoms with Crippen molar-refractivity contribution in [1.29, 1.82) is 5.26 Å². The van der Waals surface area contributed by atoms with Crippen molar-refractivity contribution in [3.05, 3.63) is 35.4 Å². The Bertz CT molecular complexity index is 675. The molecule has 2 aromatic rings. The van der Waals surface area contributed by atoms with Gasteiger partial charge >= 0.3 is 0 Å². The number of aromatic nitrogens is 2. The first-order valence-electron chi connectivity index (χ1n) is 6.27. The Balaban J connectivity index is 2.56. The van der Waals surface area contributed by atoms with Crippen molar-refractivity contribution >= 4 is 11.8 Å². The molecule has 4 N–H and O–H groups in total. The van der Waals surface area contributed by atoms with Gasteiger partial charge in [0, 0.05) is 5.56 Å². The van der Waals surface area contributed by atoms with Crippen LogP contribution in [-0.4, -0.2) is 9.97 Å². The summed E-state index contributed by atoms with van der Waals surface area (Å²) in [5, 5.41) is 9.18. The maximum absolute atomic E-state index is 9.18. The molecule has 0 saturated carbocycles. The Kier molecular flexibility index (Phi) is 3.33. The van der Waals surface area contributed by atoms with E-state index in [1.807, 2.05) is 30.3 Å². The third-order valence-corrected chi connectivity index (χ3v) is 3.09. The standard InChI is InChI=1S/C15H17N5/c1-15(2,3)10-6-4-9(5-7-10)12-11(8-16)13(17)20-14(18)19-12/h4-7H,1-3H3,(H4,17,18,19,20). The van der Waals surface area contributed by atoms with Gasteiger partial charge in [0.1, 0.15) is 17.5 Å². The van der Waals surface area contributed by atoms with Gasteiger partial charge in [-0.15, -0.1) is 0 Å². The van der Waals surface area contributed by atoms with Crippen LogP contribution in [0.25, 0.3) is 11.3 Å². The Morgan fingerprint density at radius 3 is 2.15 bits per heavy atom. The molecule has 0 bridgehead atoms. The van der Waals surface area contributed by atoms with Crippen molar-refractivity contribution in [2.75, 3.05) is 11.5 Å². The number of anilines is 2. The fourth-order valence-electron chi connectivity index (χ4n) is 1.94. The number of nitrogens with zero attached hydrogens (tertiary/aromatic N) is 3. The third-order valence-electron chi connectivity index (χ3n) is 3.09. The van der Waals surface area contributed by atoms with Gasteiger partial charge < -0.3 is 11.5 Å². The smallest absolute Gasteiger partial charge is 0.222 e. The van der Waals surface area contributed by atoms with E-state index >= 15 is 0 Å². The van der Waals surface area contributed by atoms with Gasteiger partial charge in [-0.3, -0.25) is 0 Å². The molecular weight excluding hydrogens is 250 g/mol. The van der Waals surface area contributed by atoms with Crippen LogP contribution in [0.15, 0.2) is 24.3 Å². The van der Waals surface area contributed by atoms with Crippen LogP contribution >= 0.6 is 0 Å². The van der Waals surface area contributed by atoms with Crippen LogP contribution in [0.1, 0.15) is 31.9 Å². The van der Waals surface area contributed by atoms with Gasteiger partial charge in [0.05, 0.1) is 5.69 Å². The minimum absolute atomic E-state index is 0.0661. The summed E-state index contributed by atoms with van der Waals surface area (Å²) >= 11 is 0. The number of rotatable bonds is 1. The van der Waals surface area contributed by atoms with Crippen LogP contribution in [0, 0.1) is 11.3 Å². The molecule has 20 heavy (non-hydrogen) atoms. The molecule has 0 radical (unpaired) electrons. The number of benzene rings is 1. The number of nitriles is 1. The monoisotopic (exact) mass is 267 g/mol. The van der Waals surface area contributed by atoms with E-state index in [9.17, 15) is 5.26 Å². The molecular formula is C15H17N5. The first kappa shape index (κ1) is 13.8. The molecule has 1 aromatic carbocycles. The first-order valence-corrected chi connectivity index (χ1v) is 6.27. The van der Waals surface area contributed by atoms with Gasteiger partial charge in [0.15, 0.2) is 0 Å². The minimum Gasteiger partial charge on any atom is -0.382 e. The second-order valence-electron chi connectivity index (χ2n) is 5.63. The van der Waals surface area contributed by atoms with Crippen LogP contribution in [0.3, 0.4) is 0 Å². The SMILES string of the molecule is CC(C)(C)c1ccc(-c2nc(N)nc(N)c2C#N)cc1. The predicted octanol–water partition coefficient (Wildman–Crippen LogP) is 2.48. The largest absolute Gasteiger partial charge is 0.382 e. The summed E-state index contributed by atoms with van der Waals surface area (Å²) in [5.74, 6) is 0.172. The van der Waals surface area contributed by atoms with Crippen LogP contribution in [-0.2, 0) is 5.41 Å². The fraction of sp³-hybridized carbons (Fsp3) is 0.267. The summed E-state index contributed by atoms with van der Waals surface area (Å²) in [6, 6.07) is 9.91. The zero-order valence-electron chi connectivity index (χ0n) is 11.8. The van der Waals surface area contributed by atoms with E-state index in [4.69, 9.17) is 11.5 Å². The van der Waals surface area contributed by atoms with Crippen molar-refractivity contribution < 1.29 is 0 Å². The number of hydrogen-bond donors (Lipinski definition) is 2. The quantitative estimate of drug-likeness (QED) is 0.826. The van der Waals surface area contributed by atoms with E-state index in [0.717, 1.165) is 5.56 Å². The lowest BCUT2D eigenvalue weighted by molar-refractivity contribution is 0.590. The zero-order valence-corrected chi connectivity index (χ0v) is 11.8. The Hall–Kier alpha value is -2.61. The van der Waals surface area contributed by atoms with Crippen LogP contribution in [0.2, 0.25) is 0 Å². The lowest BCUT2D eigenvalue weighted by Crippen LogP contribution is -2.10. The van der Waals surface area contributed by atoms with Gasteiger partial charge in [-0.2, -0.15) is 10.2 Å². The average molecular weight is 267 g/mol. The van der Waals surface area contributed by atoms with Gasteiger partial charge in [0.25, 0.3) is 0 Å². The number of nitrogens with two attached hydrogens (primary N) is 2. The maximum Gasteiger partial charge on any atom is 0.222 e. The number of nitrogen functional groups attached to an aromatic ring is 2. The highest BCUT2D eigenvalue weighted by atomic mass is 15.0. The van der Waals surface area contributed by atoms with Crippen molar-refractivity contribution in [2.45, 2.75) is 26.2 Å². The highest BCUT2D eigenvalue weighted by Gasteiger charge is 2.16. The van der Waals surface area contributed by atoms with Crippen molar-refractivity contribution in [3.63, 3.8) is 0 Å². The second-order valence-corrected chi connectivity index (χ2v) is 5.63. The normalized spacial score (nSPS) is 11.1. The highest BCUT2D eigenvalue weighted by molar-refractivity contribution is 5.73. The summed E-state index contributed by atoms with van der Waals surface area (Å²) in [4.78, 5) is 7.94. The molecule has 1 aromatic heterocycles. The summed E-state index contributed by atoms with van der Waals surface area (Å²) in [6.45, 7) is 6.43. The van der Waals surface area contributed by atoms with Crippen molar-refractivity contribution in [2.24, 2.45) is 0 Å². The zero-order chi connectivity index (χ0) is 14.9. The summed E-state index contributed by atoms with van der Waals surface area (Å²) < 4.78 is 0. The first-order chi connectivity index (χ1) is 9.32. The van der Waals surface area contributed by atoms with Gasteiger partial charge in [-0.1, -0.05) is 45.0 Å². The van der Waals surface area contributed by atoms with E-state index in [2.05, 4.69) is 30.7 Å². The van der Waals surface area contributed by atoms with E-state index < -0.39 is 0 Å². The molecule has 0 aliphatic carbocycles. The van der Waals surface area contributed by atoms with E-state index in [-0.39, 0.29) is 22.7 Å². The topological polar surface area (TPSA) is 102 Å². The maximum atomic E-state index is 9.18. The molecule has 0 amide bonds. The lowest BCUT2D eigenvalue weighted by Gasteiger charge is -2.19. The summed E-state index contributed by atoms with van der Waals surface area (Å²) in [5.41, 5.74) is 14.1. The molecule has 0 saturated heterocycles. The average Bonchev–Trinajstić information content (AvgIpc) is 2.37. The lowest BCUT2D eigenvalue weighted by atomic mass is 9.86. The molecule has 0 unspecified atom stereocenters. The molecule has 102 valence electrons. The van der Waals surface area contributed by atoms with Gasteiger partial charge in [-0.05, 0) is 11.0 Å². The predicted molar refractivity (Wildman–Crippen MR) is 79.7 cm³/mol. The molecule has 0 fully saturated rings. The Morgan fingerprint density at radius 1 is 1.05 bits per heavy atom. The van der Waals surface area contributed by atoms with Gasteiger partial charge in [0.2, 0.25) is 5.95 Å². The molecule has 0 atom stereocenters. The summed E-state index contributed by atoms with van der Waals surface area (Å²) in [7, 11) is 0. The van der Waals surface area contributed by atoms with Crippen LogP contribution < -0.4 is 11.5 Å². The minimum atomic E-state index is 0.0661. The van der Waals surface area contributed by atoms with E-state index in [1.165, 1.54) is 5.56 Å². The number of hydrogen-bond acceptors (Lipinski definition) is 5. The van der Waals surface area contributed by atoms with Crippen molar-refractivity contribution in [1.82, 2.24) is 9.97 Å². The summed E-state index contributed by atoms with van der Waals surface area (Å²) in [6.07, 6.45) is 0.